The zero-order valence-electron chi connectivity index (χ0n) is 13.9. The Morgan fingerprint density at radius 2 is 1.78 bits per heavy atom. The predicted octanol–water partition coefficient (Wildman–Crippen LogP) is 4.92. The van der Waals surface area contributed by atoms with Gasteiger partial charge in [-0.05, 0) is 12.1 Å². The Balaban J connectivity index is 1.57. The van der Waals surface area contributed by atoms with Crippen LogP contribution in [0.4, 0.5) is 5.69 Å². The first kappa shape index (κ1) is 17.0. The van der Waals surface area contributed by atoms with E-state index < -0.39 is 4.92 Å². The minimum absolute atomic E-state index is 0.00812. The van der Waals surface area contributed by atoms with Crippen molar-refractivity contribution in [3.05, 3.63) is 93.1 Å². The molecule has 0 unspecified atom stereocenters. The van der Waals surface area contributed by atoms with Crippen molar-refractivity contribution in [3.63, 3.8) is 0 Å². The first-order chi connectivity index (χ1) is 13.1. The van der Waals surface area contributed by atoms with E-state index in [4.69, 9.17) is 4.42 Å². The first-order valence-corrected chi connectivity index (χ1v) is 8.84. The molecule has 1 aromatic heterocycles. The minimum atomic E-state index is -0.453. The molecule has 3 aromatic rings. The molecule has 0 radical (unpaired) electrons. The summed E-state index contributed by atoms with van der Waals surface area (Å²) >= 11 is 1.29. The molecule has 0 N–H and O–H groups in total. The number of furan rings is 1. The second-order valence-corrected chi connectivity index (χ2v) is 6.74. The SMILES string of the molecule is O=C1N=C(c2ccccc2)SC1=Cc1ccc(-c2cccc([N+](=O)[O-])c2)o1. The molecule has 0 spiro atoms. The molecule has 0 saturated heterocycles. The maximum Gasteiger partial charge on any atom is 0.285 e. The Hall–Kier alpha value is -3.45. The van der Waals surface area contributed by atoms with Crippen LogP contribution in [0.1, 0.15) is 11.3 Å². The van der Waals surface area contributed by atoms with Gasteiger partial charge in [-0.15, -0.1) is 0 Å². The standard InChI is InChI=1S/C20H12N2O4S/c23-19-18(27-20(21-19)13-5-2-1-3-6-13)12-16-9-10-17(26-16)14-7-4-8-15(11-14)22(24)25/h1-12H. The van der Waals surface area contributed by atoms with E-state index >= 15 is 0 Å². The van der Waals surface area contributed by atoms with E-state index in [2.05, 4.69) is 4.99 Å². The topological polar surface area (TPSA) is 85.7 Å². The Morgan fingerprint density at radius 3 is 2.56 bits per heavy atom. The Bertz CT molecular complexity index is 1100. The largest absolute Gasteiger partial charge is 0.457 e. The van der Waals surface area contributed by atoms with Crippen LogP contribution in [0.25, 0.3) is 17.4 Å². The van der Waals surface area contributed by atoms with Crippen molar-refractivity contribution >= 4 is 34.5 Å². The molecular formula is C20H12N2O4S. The average Bonchev–Trinajstić information content (AvgIpc) is 3.30. The average molecular weight is 376 g/mol. The summed E-state index contributed by atoms with van der Waals surface area (Å²) in [6.07, 6.45) is 1.63. The number of carbonyl (C=O) groups excluding carboxylic acids is 1. The van der Waals surface area contributed by atoms with Gasteiger partial charge in [0.05, 0.1) is 9.83 Å². The summed E-state index contributed by atoms with van der Waals surface area (Å²) in [4.78, 5) is 27.2. The van der Waals surface area contributed by atoms with E-state index in [1.807, 2.05) is 30.3 Å². The van der Waals surface area contributed by atoms with Crippen LogP contribution in [0, 0.1) is 10.1 Å². The maximum atomic E-state index is 12.2. The minimum Gasteiger partial charge on any atom is -0.457 e. The molecule has 2 aromatic carbocycles. The first-order valence-electron chi connectivity index (χ1n) is 8.03. The number of rotatable bonds is 4. The number of non-ortho nitro benzene ring substituents is 1. The highest BCUT2D eigenvalue weighted by atomic mass is 32.2. The Labute approximate surface area is 158 Å². The highest BCUT2D eigenvalue weighted by molar-refractivity contribution is 8.19. The normalized spacial score (nSPS) is 15.2. The van der Waals surface area contributed by atoms with Gasteiger partial charge in [-0.3, -0.25) is 14.9 Å². The molecular weight excluding hydrogens is 364 g/mol. The molecule has 1 aliphatic heterocycles. The fourth-order valence-corrected chi connectivity index (χ4v) is 3.50. The monoisotopic (exact) mass is 376 g/mol. The lowest BCUT2D eigenvalue weighted by Gasteiger charge is -1.98. The van der Waals surface area contributed by atoms with Crippen LogP contribution >= 0.6 is 11.8 Å². The summed E-state index contributed by atoms with van der Waals surface area (Å²) in [5.74, 6) is 0.661. The number of nitrogens with zero attached hydrogens (tertiary/aromatic N) is 2. The third-order valence-electron chi connectivity index (χ3n) is 3.88. The molecule has 1 amide bonds. The molecule has 0 fully saturated rings. The molecule has 0 bridgehead atoms. The number of aliphatic imine (C=N–C) groups is 1. The van der Waals surface area contributed by atoms with Crippen LogP contribution in [0.5, 0.6) is 0 Å². The summed E-state index contributed by atoms with van der Waals surface area (Å²) in [5, 5.41) is 11.6. The predicted molar refractivity (Wildman–Crippen MR) is 104 cm³/mol. The number of amides is 1. The van der Waals surface area contributed by atoms with E-state index in [1.165, 1.54) is 23.9 Å². The molecule has 132 valence electrons. The van der Waals surface area contributed by atoms with Gasteiger partial charge in [-0.25, -0.2) is 4.99 Å². The van der Waals surface area contributed by atoms with Gasteiger partial charge in [-0.2, -0.15) is 0 Å². The number of benzene rings is 2. The summed E-state index contributed by atoms with van der Waals surface area (Å²) < 4.78 is 5.74. The third kappa shape index (κ3) is 3.58. The van der Waals surface area contributed by atoms with Gasteiger partial charge in [0.2, 0.25) is 0 Å². The van der Waals surface area contributed by atoms with Gasteiger partial charge in [0, 0.05) is 29.3 Å². The quantitative estimate of drug-likeness (QED) is 0.367. The van der Waals surface area contributed by atoms with Crippen LogP contribution in [-0.4, -0.2) is 15.9 Å². The molecule has 6 nitrogen and oxygen atoms in total. The van der Waals surface area contributed by atoms with E-state index in [-0.39, 0.29) is 11.6 Å². The molecule has 2 heterocycles. The summed E-state index contributed by atoms with van der Waals surface area (Å²) in [5.41, 5.74) is 1.47. The van der Waals surface area contributed by atoms with Crippen LogP contribution in [0.3, 0.4) is 0 Å². The van der Waals surface area contributed by atoms with Gasteiger partial charge in [0.1, 0.15) is 16.6 Å². The number of thioether (sulfide) groups is 1. The summed E-state index contributed by atoms with van der Waals surface area (Å²) in [6.45, 7) is 0. The number of hydrogen-bond donors (Lipinski definition) is 0. The van der Waals surface area contributed by atoms with Crippen molar-refractivity contribution in [1.29, 1.82) is 0 Å². The summed E-state index contributed by atoms with van der Waals surface area (Å²) in [7, 11) is 0. The lowest BCUT2D eigenvalue weighted by molar-refractivity contribution is -0.384. The second kappa shape index (κ2) is 7.05. The smallest absolute Gasteiger partial charge is 0.285 e. The van der Waals surface area contributed by atoms with Crippen molar-refractivity contribution in [3.8, 4) is 11.3 Å². The molecule has 4 rings (SSSR count). The summed E-state index contributed by atoms with van der Waals surface area (Å²) in [6, 6.07) is 19.1. The van der Waals surface area contributed by atoms with Crippen molar-refractivity contribution < 1.29 is 14.1 Å². The van der Waals surface area contributed by atoms with E-state index in [0.29, 0.717) is 27.0 Å². The highest BCUT2D eigenvalue weighted by Crippen LogP contribution is 2.33. The molecule has 1 aliphatic rings. The van der Waals surface area contributed by atoms with Crippen LogP contribution in [-0.2, 0) is 4.79 Å². The number of carbonyl (C=O) groups is 1. The van der Waals surface area contributed by atoms with Gasteiger partial charge in [0.15, 0.2) is 0 Å². The van der Waals surface area contributed by atoms with Crippen LogP contribution in [0.2, 0.25) is 0 Å². The van der Waals surface area contributed by atoms with Crippen molar-refractivity contribution in [2.24, 2.45) is 4.99 Å². The zero-order valence-corrected chi connectivity index (χ0v) is 14.7. The van der Waals surface area contributed by atoms with Crippen LogP contribution in [0.15, 0.2) is 81.0 Å². The van der Waals surface area contributed by atoms with Gasteiger partial charge < -0.3 is 4.42 Å². The van der Waals surface area contributed by atoms with Crippen molar-refractivity contribution in [1.82, 2.24) is 0 Å². The van der Waals surface area contributed by atoms with Crippen molar-refractivity contribution in [2.45, 2.75) is 0 Å². The fourth-order valence-electron chi connectivity index (χ4n) is 2.60. The highest BCUT2D eigenvalue weighted by Gasteiger charge is 2.23. The number of nitro benzene ring substituents is 1. The lowest BCUT2D eigenvalue weighted by atomic mass is 10.1. The molecule has 0 saturated carbocycles. The Kier molecular flexibility index (Phi) is 4.43. The maximum absolute atomic E-state index is 12.2. The van der Waals surface area contributed by atoms with E-state index in [9.17, 15) is 14.9 Å². The van der Waals surface area contributed by atoms with Crippen LogP contribution < -0.4 is 0 Å². The van der Waals surface area contributed by atoms with Crippen molar-refractivity contribution in [2.75, 3.05) is 0 Å². The number of hydrogen-bond acceptors (Lipinski definition) is 5. The van der Waals surface area contributed by atoms with Gasteiger partial charge >= 0.3 is 0 Å². The van der Waals surface area contributed by atoms with Gasteiger partial charge in [-0.1, -0.05) is 54.2 Å². The zero-order chi connectivity index (χ0) is 18.8. The van der Waals surface area contributed by atoms with Gasteiger partial charge in [0.25, 0.3) is 11.6 Å². The van der Waals surface area contributed by atoms with E-state index in [0.717, 1.165) is 5.56 Å². The van der Waals surface area contributed by atoms with E-state index in [1.54, 1.807) is 30.3 Å². The second-order valence-electron chi connectivity index (χ2n) is 5.71. The molecule has 0 aliphatic carbocycles. The molecule has 7 heteroatoms. The lowest BCUT2D eigenvalue weighted by Crippen LogP contribution is -1.89. The fraction of sp³-hybridized carbons (Fsp3) is 0. The third-order valence-corrected chi connectivity index (χ3v) is 4.92. The Morgan fingerprint density at radius 1 is 1.00 bits per heavy atom. The number of nitro groups is 1. The molecule has 0 atom stereocenters. The molecule has 27 heavy (non-hydrogen) atoms.